The van der Waals surface area contributed by atoms with Gasteiger partial charge in [-0.25, -0.2) is 0 Å². The molecular weight excluding hydrogens is 851 g/mol. The van der Waals surface area contributed by atoms with Crippen LogP contribution in [0.4, 0.5) is 0 Å². The van der Waals surface area contributed by atoms with Crippen LogP contribution in [0.1, 0.15) is 354 Å². The minimum atomic E-state index is -0.677. The van der Waals surface area contributed by atoms with Crippen molar-refractivity contribution < 1.29 is 24.5 Å². The highest BCUT2D eigenvalue weighted by Gasteiger charge is 2.20. The average molecular weight is 975 g/mol. The summed E-state index contributed by atoms with van der Waals surface area (Å²) in [6.45, 7) is 4.94. The Bertz CT molecular complexity index is 1030. The predicted molar refractivity (Wildman–Crippen MR) is 301 cm³/mol. The van der Waals surface area contributed by atoms with Gasteiger partial charge in [-0.15, -0.1) is 0 Å². The lowest BCUT2D eigenvalue weighted by Crippen LogP contribution is -2.45. The largest absolute Gasteiger partial charge is 0.466 e. The Morgan fingerprint density at radius 3 is 1.03 bits per heavy atom. The van der Waals surface area contributed by atoms with E-state index in [9.17, 15) is 19.8 Å². The van der Waals surface area contributed by atoms with Gasteiger partial charge in [-0.1, -0.05) is 302 Å². The van der Waals surface area contributed by atoms with Gasteiger partial charge in [0.1, 0.15) is 0 Å². The number of hydrogen-bond donors (Lipinski definition) is 3. The molecule has 2 atom stereocenters. The molecule has 0 aliphatic rings. The van der Waals surface area contributed by atoms with Gasteiger partial charge < -0.3 is 20.3 Å². The Kier molecular flexibility index (Phi) is 58.0. The lowest BCUT2D eigenvalue weighted by molar-refractivity contribution is -0.143. The van der Waals surface area contributed by atoms with Gasteiger partial charge in [0, 0.05) is 12.8 Å². The molecule has 3 N–H and O–H groups in total. The first-order valence-electron chi connectivity index (χ1n) is 31.4. The molecular formula is C63H123NO5. The van der Waals surface area contributed by atoms with E-state index < -0.39 is 12.1 Å². The summed E-state index contributed by atoms with van der Waals surface area (Å²) in [6.07, 6.45) is 70.7. The van der Waals surface area contributed by atoms with E-state index in [4.69, 9.17) is 4.74 Å². The van der Waals surface area contributed by atoms with E-state index in [1.165, 1.54) is 263 Å². The fourth-order valence-corrected chi connectivity index (χ4v) is 9.99. The Morgan fingerprint density at radius 1 is 0.391 bits per heavy atom. The predicted octanol–water partition coefficient (Wildman–Crippen LogP) is 19.6. The number of carbonyl (C=O) groups excluding carboxylic acids is 2. The molecule has 6 nitrogen and oxygen atoms in total. The molecule has 0 aromatic heterocycles. The van der Waals surface area contributed by atoms with Crippen LogP contribution in [0.15, 0.2) is 12.2 Å². The molecule has 0 saturated carbocycles. The van der Waals surface area contributed by atoms with Crippen LogP contribution in [-0.4, -0.2) is 47.4 Å². The highest BCUT2D eigenvalue weighted by molar-refractivity contribution is 5.76. The zero-order valence-electron chi connectivity index (χ0n) is 46.8. The summed E-state index contributed by atoms with van der Waals surface area (Å²) in [4.78, 5) is 24.6. The number of esters is 1. The lowest BCUT2D eigenvalue weighted by Gasteiger charge is -2.22. The molecule has 0 radical (unpaired) electrons. The number of hydrogen-bond acceptors (Lipinski definition) is 5. The molecule has 0 heterocycles. The number of aliphatic hydroxyl groups is 2. The lowest BCUT2D eigenvalue weighted by atomic mass is 10.0. The normalized spacial score (nSPS) is 12.6. The average Bonchev–Trinajstić information content (AvgIpc) is 3.35. The zero-order chi connectivity index (χ0) is 50.0. The third-order valence-electron chi connectivity index (χ3n) is 14.8. The minimum absolute atomic E-state index is 0.0125. The molecule has 0 aromatic rings. The summed E-state index contributed by atoms with van der Waals surface area (Å²) in [5, 5.41) is 23.4. The van der Waals surface area contributed by atoms with E-state index in [1.54, 1.807) is 0 Å². The molecule has 69 heavy (non-hydrogen) atoms. The Morgan fingerprint density at radius 2 is 0.681 bits per heavy atom. The van der Waals surface area contributed by atoms with E-state index in [-0.39, 0.29) is 18.5 Å². The van der Waals surface area contributed by atoms with Gasteiger partial charge in [0.05, 0.1) is 25.4 Å². The molecule has 0 aromatic carbocycles. The fraction of sp³-hybridized carbons (Fsp3) is 0.937. The van der Waals surface area contributed by atoms with Gasteiger partial charge in [0.15, 0.2) is 0 Å². The van der Waals surface area contributed by atoms with Crippen LogP contribution in [-0.2, 0) is 14.3 Å². The van der Waals surface area contributed by atoms with Crippen LogP contribution in [0, 0.1) is 0 Å². The number of amides is 1. The van der Waals surface area contributed by atoms with Crippen LogP contribution >= 0.6 is 0 Å². The number of nitrogens with one attached hydrogen (secondary N) is 1. The van der Waals surface area contributed by atoms with E-state index >= 15 is 0 Å². The Labute approximate surface area is 431 Å². The molecule has 2 unspecified atom stereocenters. The molecule has 0 saturated heterocycles. The SMILES string of the molecule is CCCCCCCC/C=C\CCCCCCCCCCCC(=O)OCCCCCCCCCCCCCC(=O)NC(CO)C(O)CCCCCCCCCCCCCCCCCCCCCCCC. The molecule has 0 fully saturated rings. The molecule has 0 aliphatic carbocycles. The number of allylic oxidation sites excluding steroid dienone is 2. The van der Waals surface area contributed by atoms with Crippen molar-refractivity contribution in [1.82, 2.24) is 5.32 Å². The second-order valence-corrected chi connectivity index (χ2v) is 21.7. The highest BCUT2D eigenvalue weighted by atomic mass is 16.5. The van der Waals surface area contributed by atoms with Gasteiger partial charge in [0.2, 0.25) is 5.91 Å². The summed E-state index contributed by atoms with van der Waals surface area (Å²) < 4.78 is 5.49. The van der Waals surface area contributed by atoms with Crippen molar-refractivity contribution in [3.8, 4) is 0 Å². The highest BCUT2D eigenvalue weighted by Crippen LogP contribution is 2.18. The van der Waals surface area contributed by atoms with Crippen LogP contribution in [0.2, 0.25) is 0 Å². The third-order valence-corrected chi connectivity index (χ3v) is 14.8. The van der Waals surface area contributed by atoms with E-state index in [2.05, 4.69) is 31.3 Å². The molecule has 0 aliphatic heterocycles. The second kappa shape index (κ2) is 59.2. The number of rotatable bonds is 59. The first-order valence-corrected chi connectivity index (χ1v) is 31.4. The van der Waals surface area contributed by atoms with Crippen LogP contribution in [0.3, 0.4) is 0 Å². The van der Waals surface area contributed by atoms with Crippen LogP contribution < -0.4 is 5.32 Å². The number of carbonyl (C=O) groups is 2. The van der Waals surface area contributed by atoms with Gasteiger partial charge >= 0.3 is 5.97 Å². The maximum Gasteiger partial charge on any atom is 0.305 e. The quantitative estimate of drug-likeness (QED) is 0.0321. The zero-order valence-corrected chi connectivity index (χ0v) is 46.8. The maximum atomic E-state index is 12.5. The van der Waals surface area contributed by atoms with Crippen molar-refractivity contribution in [2.45, 2.75) is 366 Å². The van der Waals surface area contributed by atoms with Gasteiger partial charge in [-0.2, -0.15) is 0 Å². The van der Waals surface area contributed by atoms with Crippen molar-refractivity contribution in [3.05, 3.63) is 12.2 Å². The topological polar surface area (TPSA) is 95.9 Å². The minimum Gasteiger partial charge on any atom is -0.466 e. The van der Waals surface area contributed by atoms with E-state index in [0.29, 0.717) is 25.9 Å². The number of aliphatic hydroxyl groups excluding tert-OH is 2. The second-order valence-electron chi connectivity index (χ2n) is 21.7. The third kappa shape index (κ3) is 55.8. The summed E-state index contributed by atoms with van der Waals surface area (Å²) in [5.74, 6) is -0.0621. The number of unbranched alkanes of at least 4 members (excludes halogenated alkanes) is 46. The van der Waals surface area contributed by atoms with Crippen molar-refractivity contribution in [2.75, 3.05) is 13.2 Å². The van der Waals surface area contributed by atoms with E-state index in [0.717, 1.165) is 57.8 Å². The van der Waals surface area contributed by atoms with Gasteiger partial charge in [-0.3, -0.25) is 9.59 Å². The molecule has 1 amide bonds. The van der Waals surface area contributed by atoms with Crippen molar-refractivity contribution in [1.29, 1.82) is 0 Å². The maximum absolute atomic E-state index is 12.5. The first-order chi connectivity index (χ1) is 34.0. The van der Waals surface area contributed by atoms with Crippen LogP contribution in [0.25, 0.3) is 0 Å². The summed E-state index contributed by atoms with van der Waals surface area (Å²) in [6, 6.07) is -0.556. The summed E-state index contributed by atoms with van der Waals surface area (Å²) in [5.41, 5.74) is 0. The molecule has 410 valence electrons. The van der Waals surface area contributed by atoms with Gasteiger partial charge in [-0.05, 0) is 51.4 Å². The smallest absolute Gasteiger partial charge is 0.305 e. The summed E-state index contributed by atoms with van der Waals surface area (Å²) in [7, 11) is 0. The molecule has 0 rings (SSSR count). The Balaban J connectivity index is 3.43. The van der Waals surface area contributed by atoms with Crippen molar-refractivity contribution in [3.63, 3.8) is 0 Å². The van der Waals surface area contributed by atoms with Crippen molar-refractivity contribution in [2.24, 2.45) is 0 Å². The van der Waals surface area contributed by atoms with E-state index in [1.807, 2.05) is 0 Å². The Hall–Kier alpha value is -1.40. The van der Waals surface area contributed by atoms with Crippen LogP contribution in [0.5, 0.6) is 0 Å². The summed E-state index contributed by atoms with van der Waals surface area (Å²) >= 11 is 0. The molecule has 0 bridgehead atoms. The standard InChI is InChI=1S/C63H123NO5/c1-3-5-7-9-11-13-15-17-19-21-23-24-25-27-28-30-32-35-39-43-47-51-55-61(66)60(59-65)64-62(67)56-52-48-44-40-36-34-38-42-46-50-54-58-69-63(68)57-53-49-45-41-37-33-31-29-26-22-20-18-16-14-12-10-8-6-4-2/h18,20,60-61,65-66H,3-17,19,21-59H2,1-2H3,(H,64,67)/b20-18-. The monoisotopic (exact) mass is 974 g/mol. The molecule has 0 spiro atoms. The first kappa shape index (κ1) is 67.6. The number of ether oxygens (including phenoxy) is 1. The molecule has 6 heteroatoms. The fourth-order valence-electron chi connectivity index (χ4n) is 9.99. The van der Waals surface area contributed by atoms with Crippen molar-refractivity contribution >= 4 is 11.9 Å². The van der Waals surface area contributed by atoms with Gasteiger partial charge in [0.25, 0.3) is 0 Å².